The Bertz CT molecular complexity index is 543. The van der Waals surface area contributed by atoms with Crippen LogP contribution in [-0.2, 0) is 9.59 Å². The summed E-state index contributed by atoms with van der Waals surface area (Å²) in [5.41, 5.74) is 0. The van der Waals surface area contributed by atoms with E-state index in [0.717, 1.165) is 0 Å². The molecule has 1 aliphatic heterocycles. The Balaban J connectivity index is 1.93. The maximum atomic E-state index is 12.2. The van der Waals surface area contributed by atoms with Gasteiger partial charge in [-0.05, 0) is 17.4 Å². The van der Waals surface area contributed by atoms with Crippen LogP contribution in [0.4, 0.5) is 0 Å². The summed E-state index contributed by atoms with van der Waals surface area (Å²) in [4.78, 5) is 38.8. The van der Waals surface area contributed by atoms with Crippen LogP contribution in [0.1, 0.15) is 16.6 Å². The van der Waals surface area contributed by atoms with Gasteiger partial charge in [-0.1, -0.05) is 13.0 Å². The molecule has 0 spiro atoms. The molecule has 114 valence electrons. The third kappa shape index (κ3) is 3.41. The summed E-state index contributed by atoms with van der Waals surface area (Å²) in [6, 6.07) is 3.50. The summed E-state index contributed by atoms with van der Waals surface area (Å²) in [5, 5.41) is 10.9. The van der Waals surface area contributed by atoms with Crippen LogP contribution in [0.25, 0.3) is 0 Å². The van der Waals surface area contributed by atoms with E-state index in [2.05, 4.69) is 0 Å². The molecule has 0 aromatic carbocycles. The van der Waals surface area contributed by atoms with Crippen LogP contribution < -0.4 is 0 Å². The van der Waals surface area contributed by atoms with Crippen molar-refractivity contribution in [3.8, 4) is 0 Å². The number of likely N-dealkylation sites (tertiary alicyclic amines) is 1. The zero-order valence-electron chi connectivity index (χ0n) is 12.0. The fraction of sp³-hybridized carbons (Fsp3) is 0.500. The second-order valence-corrected chi connectivity index (χ2v) is 6.31. The highest BCUT2D eigenvalue weighted by molar-refractivity contribution is 7.12. The summed E-state index contributed by atoms with van der Waals surface area (Å²) in [5.74, 6) is -1.86. The molecule has 0 bridgehead atoms. The van der Waals surface area contributed by atoms with Gasteiger partial charge in [-0.3, -0.25) is 14.4 Å². The molecule has 0 aliphatic carbocycles. The van der Waals surface area contributed by atoms with Gasteiger partial charge in [0, 0.05) is 20.1 Å². The average Bonchev–Trinajstić information content (AvgIpc) is 3.06. The Morgan fingerprint density at radius 3 is 2.67 bits per heavy atom. The Kier molecular flexibility index (Phi) is 4.62. The Morgan fingerprint density at radius 2 is 2.14 bits per heavy atom. The number of hydrogen-bond donors (Lipinski definition) is 1. The standard InChI is InChI=1S/C14H18N2O4S/c1-9-6-16(7-10(9)14(19)20)12(17)8-15(2)13(18)11-4-3-5-21-11/h3-5,9-10H,6-8H2,1-2H3,(H,19,20). The third-order valence-corrected chi connectivity index (χ3v) is 4.59. The smallest absolute Gasteiger partial charge is 0.308 e. The van der Waals surface area contributed by atoms with Crippen LogP contribution in [0, 0.1) is 11.8 Å². The number of amides is 2. The number of rotatable bonds is 4. The molecule has 2 atom stereocenters. The summed E-state index contributed by atoms with van der Waals surface area (Å²) < 4.78 is 0. The first-order valence-electron chi connectivity index (χ1n) is 6.69. The average molecular weight is 310 g/mol. The number of carbonyl (C=O) groups is 3. The van der Waals surface area contributed by atoms with E-state index in [4.69, 9.17) is 5.11 Å². The Morgan fingerprint density at radius 1 is 1.43 bits per heavy atom. The lowest BCUT2D eigenvalue weighted by atomic mass is 9.99. The lowest BCUT2D eigenvalue weighted by molar-refractivity contribution is -0.142. The molecule has 1 N–H and O–H groups in total. The number of carbonyl (C=O) groups excluding carboxylic acids is 2. The van der Waals surface area contributed by atoms with Crippen LogP contribution >= 0.6 is 11.3 Å². The molecule has 2 unspecified atom stereocenters. The van der Waals surface area contributed by atoms with Crippen LogP contribution in [0.5, 0.6) is 0 Å². The quantitative estimate of drug-likeness (QED) is 0.900. The molecule has 0 radical (unpaired) electrons. The van der Waals surface area contributed by atoms with E-state index in [1.807, 2.05) is 12.3 Å². The first-order chi connectivity index (χ1) is 9.90. The lowest BCUT2D eigenvalue weighted by Gasteiger charge is -2.21. The zero-order chi connectivity index (χ0) is 15.6. The highest BCUT2D eigenvalue weighted by Gasteiger charge is 2.37. The van der Waals surface area contributed by atoms with Gasteiger partial charge in [0.15, 0.2) is 0 Å². The molecule has 1 aromatic rings. The van der Waals surface area contributed by atoms with Crippen molar-refractivity contribution >= 4 is 29.1 Å². The number of thiophene rings is 1. The second kappa shape index (κ2) is 6.26. The summed E-state index contributed by atoms with van der Waals surface area (Å²) in [6.07, 6.45) is 0. The third-order valence-electron chi connectivity index (χ3n) is 3.73. The maximum absolute atomic E-state index is 12.2. The van der Waals surface area contributed by atoms with Gasteiger partial charge < -0.3 is 14.9 Å². The van der Waals surface area contributed by atoms with E-state index in [9.17, 15) is 14.4 Å². The number of aliphatic carboxylic acids is 1. The van der Waals surface area contributed by atoms with Crippen molar-refractivity contribution < 1.29 is 19.5 Å². The molecular formula is C14H18N2O4S. The minimum atomic E-state index is -0.874. The van der Waals surface area contributed by atoms with Crippen LogP contribution in [-0.4, -0.2) is 59.4 Å². The number of carboxylic acid groups (broad SMARTS) is 1. The summed E-state index contributed by atoms with van der Waals surface area (Å²) in [7, 11) is 1.58. The van der Waals surface area contributed by atoms with Gasteiger partial charge in [-0.15, -0.1) is 11.3 Å². The molecule has 7 heteroatoms. The molecule has 0 saturated carbocycles. The van der Waals surface area contributed by atoms with Crippen molar-refractivity contribution in [3.63, 3.8) is 0 Å². The molecule has 1 fully saturated rings. The lowest BCUT2D eigenvalue weighted by Crippen LogP contribution is -2.40. The first kappa shape index (κ1) is 15.5. The van der Waals surface area contributed by atoms with Crippen molar-refractivity contribution in [2.75, 3.05) is 26.7 Å². The topological polar surface area (TPSA) is 77.9 Å². The highest BCUT2D eigenvalue weighted by atomic mass is 32.1. The van der Waals surface area contributed by atoms with Crippen molar-refractivity contribution in [1.82, 2.24) is 9.80 Å². The molecule has 2 amide bonds. The predicted molar refractivity (Wildman–Crippen MR) is 78.1 cm³/mol. The normalized spacial score (nSPS) is 21.3. The van der Waals surface area contributed by atoms with E-state index in [1.54, 1.807) is 19.2 Å². The number of nitrogens with zero attached hydrogens (tertiary/aromatic N) is 2. The van der Waals surface area contributed by atoms with Gasteiger partial charge in [0.1, 0.15) is 0 Å². The minimum absolute atomic E-state index is 0.0320. The number of carboxylic acids is 1. The Labute approximate surface area is 127 Å². The predicted octanol–water partition coefficient (Wildman–Crippen LogP) is 0.999. The monoisotopic (exact) mass is 310 g/mol. The van der Waals surface area contributed by atoms with Crippen molar-refractivity contribution in [2.45, 2.75) is 6.92 Å². The first-order valence-corrected chi connectivity index (χ1v) is 7.57. The SMILES string of the molecule is CC1CN(C(=O)CN(C)C(=O)c2cccs2)CC1C(=O)O. The van der Waals surface area contributed by atoms with Crippen LogP contribution in [0.3, 0.4) is 0 Å². The largest absolute Gasteiger partial charge is 0.481 e. The van der Waals surface area contributed by atoms with Gasteiger partial charge in [-0.2, -0.15) is 0 Å². The number of likely N-dealkylation sites (N-methyl/N-ethyl adjacent to an activating group) is 1. The van der Waals surface area contributed by atoms with Gasteiger partial charge in [-0.25, -0.2) is 0 Å². The van der Waals surface area contributed by atoms with E-state index in [0.29, 0.717) is 11.4 Å². The highest BCUT2D eigenvalue weighted by Crippen LogP contribution is 2.23. The minimum Gasteiger partial charge on any atom is -0.481 e. The van der Waals surface area contributed by atoms with E-state index >= 15 is 0 Å². The number of hydrogen-bond acceptors (Lipinski definition) is 4. The van der Waals surface area contributed by atoms with Crippen LogP contribution in [0.15, 0.2) is 17.5 Å². The molecule has 2 rings (SSSR count). The zero-order valence-corrected chi connectivity index (χ0v) is 12.8. The second-order valence-electron chi connectivity index (χ2n) is 5.36. The molecule has 21 heavy (non-hydrogen) atoms. The van der Waals surface area contributed by atoms with Gasteiger partial charge >= 0.3 is 5.97 Å². The molecule has 1 aromatic heterocycles. The molecular weight excluding hydrogens is 292 g/mol. The van der Waals surface area contributed by atoms with Crippen molar-refractivity contribution in [2.24, 2.45) is 11.8 Å². The van der Waals surface area contributed by atoms with Crippen molar-refractivity contribution in [3.05, 3.63) is 22.4 Å². The molecule has 1 saturated heterocycles. The molecule has 6 nitrogen and oxygen atoms in total. The van der Waals surface area contributed by atoms with Crippen molar-refractivity contribution in [1.29, 1.82) is 0 Å². The van der Waals surface area contributed by atoms with Gasteiger partial charge in [0.05, 0.1) is 17.3 Å². The van der Waals surface area contributed by atoms with Crippen LogP contribution in [0.2, 0.25) is 0 Å². The molecule has 1 aliphatic rings. The maximum Gasteiger partial charge on any atom is 0.308 e. The van der Waals surface area contributed by atoms with E-state index in [-0.39, 0.29) is 30.8 Å². The van der Waals surface area contributed by atoms with E-state index < -0.39 is 11.9 Å². The van der Waals surface area contributed by atoms with E-state index in [1.165, 1.54) is 21.1 Å². The Hall–Kier alpha value is -1.89. The molecule has 2 heterocycles. The van der Waals surface area contributed by atoms with Gasteiger partial charge in [0.25, 0.3) is 5.91 Å². The van der Waals surface area contributed by atoms with Gasteiger partial charge in [0.2, 0.25) is 5.91 Å². The summed E-state index contributed by atoms with van der Waals surface area (Å²) in [6.45, 7) is 2.44. The fourth-order valence-corrected chi connectivity index (χ4v) is 3.17. The fourth-order valence-electron chi connectivity index (χ4n) is 2.45. The summed E-state index contributed by atoms with van der Waals surface area (Å²) >= 11 is 1.33.